The largest absolute Gasteiger partial charge is 0.462 e. The van der Waals surface area contributed by atoms with Gasteiger partial charge in [-0.15, -0.1) is 0 Å². The molecule has 0 bridgehead atoms. The van der Waals surface area contributed by atoms with Crippen molar-refractivity contribution in [3.8, 4) is 0 Å². The molecule has 0 aliphatic carbocycles. The van der Waals surface area contributed by atoms with E-state index < -0.39 is 0 Å². The smallest absolute Gasteiger partial charge is 0.338 e. The number of carbonyl (C=O) groups excluding carboxylic acids is 1. The fraction of sp³-hybridized carbons (Fsp3) is 0.562. The number of hydrogen-bond acceptors (Lipinski definition) is 3. The molecule has 0 fully saturated rings. The predicted molar refractivity (Wildman–Crippen MR) is 79.6 cm³/mol. The van der Waals surface area contributed by atoms with Crippen LogP contribution in [0.25, 0.3) is 0 Å². The molecule has 0 amide bonds. The molecule has 0 saturated heterocycles. The normalized spacial score (nSPS) is 12.9. The van der Waals surface area contributed by atoms with Crippen molar-refractivity contribution in [1.29, 1.82) is 0 Å². The molecule has 1 atom stereocenters. The van der Waals surface area contributed by atoms with Crippen LogP contribution in [0.4, 0.5) is 5.69 Å². The van der Waals surface area contributed by atoms with E-state index in [-0.39, 0.29) is 11.5 Å². The van der Waals surface area contributed by atoms with Gasteiger partial charge in [0.1, 0.15) is 0 Å². The highest BCUT2D eigenvalue weighted by Crippen LogP contribution is 2.16. The van der Waals surface area contributed by atoms with Gasteiger partial charge in [-0.25, -0.2) is 4.79 Å². The Balaban J connectivity index is 2.58. The number of esters is 1. The van der Waals surface area contributed by atoms with Crippen molar-refractivity contribution in [3.05, 3.63) is 29.8 Å². The zero-order chi connectivity index (χ0) is 14.5. The third kappa shape index (κ3) is 5.77. The lowest BCUT2D eigenvalue weighted by Crippen LogP contribution is -2.25. The van der Waals surface area contributed by atoms with Crippen molar-refractivity contribution in [1.82, 2.24) is 0 Å². The van der Waals surface area contributed by atoms with Crippen molar-refractivity contribution in [2.75, 3.05) is 11.9 Å². The first kappa shape index (κ1) is 15.5. The lowest BCUT2D eigenvalue weighted by molar-refractivity contribution is 0.0447. The lowest BCUT2D eigenvalue weighted by Gasteiger charge is -2.22. The molecule has 1 aromatic carbocycles. The summed E-state index contributed by atoms with van der Waals surface area (Å²) in [7, 11) is 0. The highest BCUT2D eigenvalue weighted by atomic mass is 16.5. The second-order valence-corrected chi connectivity index (χ2v) is 6.06. The zero-order valence-electron chi connectivity index (χ0n) is 12.6. The molecule has 0 saturated carbocycles. The topological polar surface area (TPSA) is 38.3 Å². The molecular weight excluding hydrogens is 238 g/mol. The molecular formula is C16H25NO2. The van der Waals surface area contributed by atoms with E-state index in [0.717, 1.165) is 12.1 Å². The van der Waals surface area contributed by atoms with Crippen LogP contribution in [0.15, 0.2) is 24.3 Å². The molecule has 3 nitrogen and oxygen atoms in total. The van der Waals surface area contributed by atoms with Crippen molar-refractivity contribution < 1.29 is 9.53 Å². The van der Waals surface area contributed by atoms with Gasteiger partial charge in [-0.2, -0.15) is 0 Å². The Morgan fingerprint density at radius 1 is 1.26 bits per heavy atom. The monoisotopic (exact) mass is 263 g/mol. The van der Waals surface area contributed by atoms with Gasteiger partial charge >= 0.3 is 5.97 Å². The maximum Gasteiger partial charge on any atom is 0.338 e. The van der Waals surface area contributed by atoms with Gasteiger partial charge in [0.05, 0.1) is 12.2 Å². The average Bonchev–Trinajstić information content (AvgIpc) is 2.34. The third-order valence-corrected chi connectivity index (χ3v) is 2.84. The van der Waals surface area contributed by atoms with Crippen LogP contribution in [0.2, 0.25) is 0 Å². The molecule has 0 aliphatic rings. The Morgan fingerprint density at radius 2 is 1.84 bits per heavy atom. The Kier molecular flexibility index (Phi) is 5.40. The highest BCUT2D eigenvalue weighted by Gasteiger charge is 2.11. The van der Waals surface area contributed by atoms with Crippen LogP contribution in [-0.4, -0.2) is 18.1 Å². The fourth-order valence-electron chi connectivity index (χ4n) is 1.54. The van der Waals surface area contributed by atoms with Gasteiger partial charge < -0.3 is 10.1 Å². The van der Waals surface area contributed by atoms with Crippen LogP contribution in [0.1, 0.15) is 51.4 Å². The molecule has 1 unspecified atom stereocenters. The summed E-state index contributed by atoms with van der Waals surface area (Å²) in [4.78, 5) is 11.8. The van der Waals surface area contributed by atoms with Gasteiger partial charge in [-0.05, 0) is 51.0 Å². The van der Waals surface area contributed by atoms with Crippen LogP contribution in [0.5, 0.6) is 0 Å². The first-order valence-corrected chi connectivity index (χ1v) is 6.87. The lowest BCUT2D eigenvalue weighted by atomic mass is 10.1. The minimum Gasteiger partial charge on any atom is -0.462 e. The number of anilines is 1. The summed E-state index contributed by atoms with van der Waals surface area (Å²) in [6, 6.07) is 7.41. The summed E-state index contributed by atoms with van der Waals surface area (Å²) in [6.07, 6.45) is 1.02. The molecule has 106 valence electrons. The first-order valence-electron chi connectivity index (χ1n) is 6.87. The highest BCUT2D eigenvalue weighted by molar-refractivity contribution is 5.89. The number of carbonyl (C=O) groups is 1. The molecule has 0 radical (unpaired) electrons. The van der Waals surface area contributed by atoms with E-state index in [1.807, 2.05) is 12.1 Å². The standard InChI is InChI=1S/C16H25NO2/c1-6-12(2)11-19-15(18)13-7-9-14(10-8-13)17-16(3,4)5/h7-10,12,17H,6,11H2,1-5H3. The molecule has 0 aliphatic heterocycles. The van der Waals surface area contributed by atoms with Gasteiger partial charge in [0.15, 0.2) is 0 Å². The van der Waals surface area contributed by atoms with Gasteiger partial charge in [0.25, 0.3) is 0 Å². The summed E-state index contributed by atoms with van der Waals surface area (Å²) >= 11 is 0. The third-order valence-electron chi connectivity index (χ3n) is 2.84. The Hall–Kier alpha value is -1.51. The molecule has 0 aromatic heterocycles. The molecule has 1 rings (SSSR count). The quantitative estimate of drug-likeness (QED) is 0.813. The summed E-state index contributed by atoms with van der Waals surface area (Å²) in [5.74, 6) is 0.161. The minimum absolute atomic E-state index is 0.0125. The fourth-order valence-corrected chi connectivity index (χ4v) is 1.54. The van der Waals surface area contributed by atoms with Crippen molar-refractivity contribution >= 4 is 11.7 Å². The van der Waals surface area contributed by atoms with E-state index in [4.69, 9.17) is 4.74 Å². The number of ether oxygens (including phenoxy) is 1. The van der Waals surface area contributed by atoms with Crippen LogP contribution < -0.4 is 5.32 Å². The van der Waals surface area contributed by atoms with Crippen molar-refractivity contribution in [3.63, 3.8) is 0 Å². The number of hydrogen-bond donors (Lipinski definition) is 1. The van der Waals surface area contributed by atoms with Crippen LogP contribution >= 0.6 is 0 Å². The second-order valence-electron chi connectivity index (χ2n) is 6.06. The number of nitrogens with one attached hydrogen (secondary N) is 1. The van der Waals surface area contributed by atoms with Gasteiger partial charge in [0, 0.05) is 11.2 Å². The van der Waals surface area contributed by atoms with Crippen LogP contribution in [-0.2, 0) is 4.74 Å². The Morgan fingerprint density at radius 3 is 2.32 bits per heavy atom. The summed E-state index contributed by atoms with van der Waals surface area (Å²) in [5.41, 5.74) is 1.62. The molecule has 0 spiro atoms. The predicted octanol–water partition coefficient (Wildman–Crippen LogP) is 4.10. The molecule has 1 aromatic rings. The van der Waals surface area contributed by atoms with E-state index in [1.165, 1.54) is 0 Å². The summed E-state index contributed by atoms with van der Waals surface area (Å²) in [5, 5.41) is 3.35. The SMILES string of the molecule is CCC(C)COC(=O)c1ccc(NC(C)(C)C)cc1. The maximum absolute atomic E-state index is 11.8. The first-order chi connectivity index (χ1) is 8.81. The van der Waals surface area contributed by atoms with E-state index in [9.17, 15) is 4.79 Å². The van der Waals surface area contributed by atoms with Gasteiger partial charge in [-0.3, -0.25) is 0 Å². The number of benzene rings is 1. The minimum atomic E-state index is -0.248. The van der Waals surface area contributed by atoms with Crippen LogP contribution in [0.3, 0.4) is 0 Å². The molecule has 0 heterocycles. The van der Waals surface area contributed by atoms with E-state index in [1.54, 1.807) is 12.1 Å². The maximum atomic E-state index is 11.8. The summed E-state index contributed by atoms with van der Waals surface area (Å²) in [6.45, 7) is 10.9. The molecule has 3 heteroatoms. The second kappa shape index (κ2) is 6.60. The average molecular weight is 263 g/mol. The zero-order valence-corrected chi connectivity index (χ0v) is 12.6. The van der Waals surface area contributed by atoms with E-state index in [2.05, 4.69) is 39.9 Å². The van der Waals surface area contributed by atoms with E-state index in [0.29, 0.717) is 18.1 Å². The molecule has 1 N–H and O–H groups in total. The number of rotatable bonds is 5. The Labute approximate surface area is 116 Å². The van der Waals surface area contributed by atoms with Gasteiger partial charge in [-0.1, -0.05) is 20.3 Å². The Bertz CT molecular complexity index is 404. The van der Waals surface area contributed by atoms with E-state index >= 15 is 0 Å². The van der Waals surface area contributed by atoms with Gasteiger partial charge in [0.2, 0.25) is 0 Å². The van der Waals surface area contributed by atoms with Crippen molar-refractivity contribution in [2.45, 2.75) is 46.6 Å². The molecule has 19 heavy (non-hydrogen) atoms. The van der Waals surface area contributed by atoms with Crippen LogP contribution in [0, 0.1) is 5.92 Å². The summed E-state index contributed by atoms with van der Waals surface area (Å²) < 4.78 is 5.26. The van der Waals surface area contributed by atoms with Crippen molar-refractivity contribution in [2.24, 2.45) is 5.92 Å².